The van der Waals surface area contributed by atoms with E-state index < -0.39 is 6.10 Å². The molecule has 0 radical (unpaired) electrons. The van der Waals surface area contributed by atoms with Gasteiger partial charge in [-0.25, -0.2) is 4.79 Å². The molecule has 0 saturated heterocycles. The molecule has 3 aromatic rings. The Morgan fingerprint density at radius 3 is 2.81 bits per heavy atom. The van der Waals surface area contributed by atoms with Gasteiger partial charge in [0.1, 0.15) is 11.9 Å². The molecular formula is C16H17NO4. The number of aromatic nitrogens is 1. The fourth-order valence-electron chi connectivity index (χ4n) is 2.55. The first-order valence-corrected chi connectivity index (χ1v) is 6.97. The summed E-state index contributed by atoms with van der Waals surface area (Å²) in [5.41, 5.74) is 2.63. The van der Waals surface area contributed by atoms with Crippen molar-refractivity contribution in [2.24, 2.45) is 0 Å². The van der Waals surface area contributed by atoms with Gasteiger partial charge in [-0.15, -0.1) is 0 Å². The predicted molar refractivity (Wildman–Crippen MR) is 78.3 cm³/mol. The van der Waals surface area contributed by atoms with Gasteiger partial charge in [0.2, 0.25) is 0 Å². The Morgan fingerprint density at radius 2 is 2.14 bits per heavy atom. The van der Waals surface area contributed by atoms with E-state index in [1.807, 2.05) is 13.0 Å². The van der Waals surface area contributed by atoms with Gasteiger partial charge in [-0.1, -0.05) is 13.0 Å². The van der Waals surface area contributed by atoms with Crippen LogP contribution < -0.4 is 5.76 Å². The Labute approximate surface area is 121 Å². The summed E-state index contributed by atoms with van der Waals surface area (Å²) >= 11 is 0. The predicted octanol–water partition coefficient (Wildman–Crippen LogP) is 2.99. The number of aryl methyl sites for hydroxylation is 2. The normalized spacial score (nSPS) is 12.9. The first kappa shape index (κ1) is 13.7. The van der Waals surface area contributed by atoms with E-state index in [0.717, 1.165) is 11.9 Å². The average Bonchev–Trinajstić information content (AvgIpc) is 3.02. The van der Waals surface area contributed by atoms with E-state index in [2.05, 4.69) is 0 Å². The summed E-state index contributed by atoms with van der Waals surface area (Å²) in [6, 6.07) is 7.06. The lowest BCUT2D eigenvalue weighted by molar-refractivity contribution is 0.218. The number of benzene rings is 1. The summed E-state index contributed by atoms with van der Waals surface area (Å²) in [7, 11) is 0. The number of oxazole rings is 1. The molecule has 21 heavy (non-hydrogen) atoms. The summed E-state index contributed by atoms with van der Waals surface area (Å²) < 4.78 is 12.1. The second kappa shape index (κ2) is 5.26. The van der Waals surface area contributed by atoms with E-state index in [-0.39, 0.29) is 5.76 Å². The number of nitrogens with zero attached hydrogens (tertiary/aromatic N) is 1. The van der Waals surface area contributed by atoms with Crippen LogP contribution in [0.4, 0.5) is 0 Å². The first-order valence-electron chi connectivity index (χ1n) is 6.97. The molecule has 2 aromatic heterocycles. The molecule has 0 aliphatic heterocycles. The summed E-state index contributed by atoms with van der Waals surface area (Å²) in [4.78, 5) is 11.8. The van der Waals surface area contributed by atoms with Gasteiger partial charge in [0.05, 0.1) is 11.8 Å². The van der Waals surface area contributed by atoms with Crippen LogP contribution >= 0.6 is 0 Å². The number of aliphatic hydroxyl groups excluding tert-OH is 1. The molecule has 2 heterocycles. The van der Waals surface area contributed by atoms with Gasteiger partial charge in [0.15, 0.2) is 5.58 Å². The van der Waals surface area contributed by atoms with Crippen molar-refractivity contribution in [2.45, 2.75) is 32.9 Å². The lowest BCUT2D eigenvalue weighted by atomic mass is 10.0. The van der Waals surface area contributed by atoms with Gasteiger partial charge in [-0.3, -0.25) is 4.57 Å². The minimum Gasteiger partial charge on any atom is -0.469 e. The van der Waals surface area contributed by atoms with Gasteiger partial charge in [-0.2, -0.15) is 0 Å². The molecule has 3 rings (SSSR count). The number of aliphatic hydroxyl groups is 1. The van der Waals surface area contributed by atoms with E-state index >= 15 is 0 Å². The third kappa shape index (κ3) is 2.29. The molecule has 0 amide bonds. The van der Waals surface area contributed by atoms with E-state index in [1.165, 1.54) is 0 Å². The molecule has 0 aliphatic rings. The number of hydrogen-bond acceptors (Lipinski definition) is 4. The highest BCUT2D eigenvalue weighted by Crippen LogP contribution is 2.27. The summed E-state index contributed by atoms with van der Waals surface area (Å²) in [5, 5.41) is 10.4. The smallest absolute Gasteiger partial charge is 0.419 e. The zero-order chi connectivity index (χ0) is 15.0. The summed E-state index contributed by atoms with van der Waals surface area (Å²) in [5.74, 6) is 0.311. The molecule has 1 atom stereocenters. The number of furan rings is 1. The molecule has 1 unspecified atom stereocenters. The van der Waals surface area contributed by atoms with Crippen LogP contribution in [0, 0.1) is 6.92 Å². The third-order valence-corrected chi connectivity index (χ3v) is 3.65. The second-order valence-corrected chi connectivity index (χ2v) is 5.08. The number of fused-ring (bicyclic) bond motifs is 1. The molecule has 0 fully saturated rings. The fraction of sp³-hybridized carbons (Fsp3) is 0.312. The zero-order valence-corrected chi connectivity index (χ0v) is 12.0. The molecule has 0 bridgehead atoms. The molecule has 5 heteroatoms. The lowest BCUT2D eigenvalue weighted by Crippen LogP contribution is -2.13. The average molecular weight is 287 g/mol. The van der Waals surface area contributed by atoms with Crippen LogP contribution in [-0.4, -0.2) is 9.67 Å². The monoisotopic (exact) mass is 287 g/mol. The summed E-state index contributed by atoms with van der Waals surface area (Å²) in [6.07, 6.45) is 1.60. The van der Waals surface area contributed by atoms with Crippen LogP contribution in [0.2, 0.25) is 0 Å². The Bertz CT molecular complexity index is 824. The lowest BCUT2D eigenvalue weighted by Gasteiger charge is -2.10. The van der Waals surface area contributed by atoms with Crippen molar-refractivity contribution in [3.8, 4) is 0 Å². The molecule has 5 nitrogen and oxygen atoms in total. The third-order valence-electron chi connectivity index (χ3n) is 3.65. The minimum atomic E-state index is -0.798. The molecule has 0 saturated carbocycles. The van der Waals surface area contributed by atoms with E-state index in [4.69, 9.17) is 8.83 Å². The van der Waals surface area contributed by atoms with Gasteiger partial charge >= 0.3 is 5.76 Å². The Balaban J connectivity index is 2.06. The maximum absolute atomic E-state index is 11.8. The highest BCUT2D eigenvalue weighted by Gasteiger charge is 2.17. The van der Waals surface area contributed by atoms with Gasteiger partial charge in [0, 0.05) is 12.1 Å². The quantitative estimate of drug-likeness (QED) is 0.801. The van der Waals surface area contributed by atoms with Crippen molar-refractivity contribution >= 4 is 11.1 Å². The number of rotatable bonds is 4. The summed E-state index contributed by atoms with van der Waals surface area (Å²) in [6.45, 7) is 4.43. The Hall–Kier alpha value is -2.27. The van der Waals surface area contributed by atoms with Gasteiger partial charge in [0.25, 0.3) is 0 Å². The van der Waals surface area contributed by atoms with Crippen molar-refractivity contribution in [1.29, 1.82) is 0 Å². The number of hydrogen-bond donors (Lipinski definition) is 1. The molecule has 1 aromatic carbocycles. The van der Waals surface area contributed by atoms with Crippen molar-refractivity contribution in [3.05, 3.63) is 58.0 Å². The van der Waals surface area contributed by atoms with Crippen molar-refractivity contribution in [1.82, 2.24) is 4.57 Å². The van der Waals surface area contributed by atoms with E-state index in [9.17, 15) is 9.90 Å². The van der Waals surface area contributed by atoms with Crippen LogP contribution in [0.1, 0.15) is 36.3 Å². The van der Waals surface area contributed by atoms with Crippen molar-refractivity contribution in [3.63, 3.8) is 0 Å². The van der Waals surface area contributed by atoms with Crippen LogP contribution in [0.3, 0.4) is 0 Å². The largest absolute Gasteiger partial charge is 0.469 e. The van der Waals surface area contributed by atoms with Crippen LogP contribution in [0.5, 0.6) is 0 Å². The Kier molecular flexibility index (Phi) is 3.43. The first-order chi connectivity index (χ1) is 10.1. The van der Waals surface area contributed by atoms with Gasteiger partial charge in [-0.05, 0) is 37.1 Å². The van der Waals surface area contributed by atoms with Crippen molar-refractivity contribution in [2.75, 3.05) is 0 Å². The van der Waals surface area contributed by atoms with Crippen LogP contribution in [-0.2, 0) is 6.54 Å². The SMILES string of the molecule is CCCn1c(=O)oc2cc(C(O)c3ccoc3C)ccc21. The van der Waals surface area contributed by atoms with Gasteiger partial charge < -0.3 is 13.9 Å². The second-order valence-electron chi connectivity index (χ2n) is 5.08. The highest BCUT2D eigenvalue weighted by atomic mass is 16.4. The topological polar surface area (TPSA) is 68.5 Å². The molecule has 1 N–H and O–H groups in total. The van der Waals surface area contributed by atoms with Crippen LogP contribution in [0.25, 0.3) is 11.1 Å². The van der Waals surface area contributed by atoms with Crippen molar-refractivity contribution < 1.29 is 13.9 Å². The molecule has 0 aliphatic carbocycles. The van der Waals surface area contributed by atoms with E-state index in [1.54, 1.807) is 36.0 Å². The molecular weight excluding hydrogens is 270 g/mol. The van der Waals surface area contributed by atoms with Crippen LogP contribution in [0.15, 0.2) is 44.2 Å². The zero-order valence-electron chi connectivity index (χ0n) is 12.0. The molecule has 110 valence electrons. The highest BCUT2D eigenvalue weighted by molar-refractivity contribution is 5.74. The van der Waals surface area contributed by atoms with E-state index in [0.29, 0.717) is 29.0 Å². The maximum atomic E-state index is 11.8. The maximum Gasteiger partial charge on any atom is 0.419 e. The fourth-order valence-corrected chi connectivity index (χ4v) is 2.55. The standard InChI is InChI=1S/C16H17NO4/c1-3-7-17-13-5-4-11(9-14(13)21-16(17)19)15(18)12-6-8-20-10(12)2/h4-6,8-9,15,18H,3,7H2,1-2H3. The minimum absolute atomic E-state index is 0.363. The Morgan fingerprint density at radius 1 is 1.33 bits per heavy atom. The molecule has 0 spiro atoms.